The second-order valence-corrected chi connectivity index (χ2v) is 7.85. The molecule has 4 rings (SSSR count). The van der Waals surface area contributed by atoms with Crippen LogP contribution in [-0.2, 0) is 6.54 Å². The Kier molecular flexibility index (Phi) is 6.23. The van der Waals surface area contributed by atoms with E-state index in [4.69, 9.17) is 14.6 Å². The van der Waals surface area contributed by atoms with E-state index in [-0.39, 0.29) is 5.69 Å². The van der Waals surface area contributed by atoms with E-state index in [1.165, 1.54) is 6.07 Å². The molecular formula is C24H20BrN3O4. The van der Waals surface area contributed by atoms with Gasteiger partial charge < -0.3 is 9.47 Å². The van der Waals surface area contributed by atoms with Crippen LogP contribution in [0.2, 0.25) is 0 Å². The summed E-state index contributed by atoms with van der Waals surface area (Å²) in [7, 11) is 3.25. The molecule has 1 heterocycles. The number of rotatable bonds is 7. The fraction of sp³-hybridized carbons (Fsp3) is 0.125. The smallest absolute Gasteiger partial charge is 0.269 e. The standard InChI is InChI=1S/C24H20BrN3O4/c1-31-20-10-6-17(7-11-20)23-22(25)24(18-8-12-21(32-2)13-9-18)27(26-23)15-16-4-3-5-19(14-16)28(29)30/h3-14H,15H2,1-2H3. The van der Waals surface area contributed by atoms with Crippen molar-refractivity contribution < 1.29 is 14.4 Å². The van der Waals surface area contributed by atoms with Crippen molar-refractivity contribution >= 4 is 21.6 Å². The quantitative estimate of drug-likeness (QED) is 0.234. The van der Waals surface area contributed by atoms with Crippen molar-refractivity contribution in [3.63, 3.8) is 0 Å². The number of aromatic nitrogens is 2. The van der Waals surface area contributed by atoms with Gasteiger partial charge in [0.05, 0.1) is 35.9 Å². The van der Waals surface area contributed by atoms with Crippen molar-refractivity contribution in [1.29, 1.82) is 0 Å². The van der Waals surface area contributed by atoms with Crippen molar-refractivity contribution in [2.45, 2.75) is 6.54 Å². The van der Waals surface area contributed by atoms with Crippen LogP contribution in [0.3, 0.4) is 0 Å². The lowest BCUT2D eigenvalue weighted by Crippen LogP contribution is -2.04. The Labute approximate surface area is 193 Å². The van der Waals surface area contributed by atoms with Crippen LogP contribution in [0.4, 0.5) is 5.69 Å². The zero-order valence-electron chi connectivity index (χ0n) is 17.5. The van der Waals surface area contributed by atoms with Crippen molar-refractivity contribution in [3.8, 4) is 34.0 Å². The summed E-state index contributed by atoms with van der Waals surface area (Å²) in [6.07, 6.45) is 0. The van der Waals surface area contributed by atoms with E-state index in [0.29, 0.717) is 6.54 Å². The Bertz CT molecular complexity index is 1250. The van der Waals surface area contributed by atoms with Gasteiger partial charge in [-0.2, -0.15) is 5.10 Å². The normalized spacial score (nSPS) is 10.7. The third-order valence-corrected chi connectivity index (χ3v) is 5.83. The minimum Gasteiger partial charge on any atom is -0.497 e. The summed E-state index contributed by atoms with van der Waals surface area (Å²) < 4.78 is 13.2. The zero-order chi connectivity index (χ0) is 22.7. The van der Waals surface area contributed by atoms with Crippen molar-refractivity contribution in [2.75, 3.05) is 14.2 Å². The summed E-state index contributed by atoms with van der Waals surface area (Å²) in [5.74, 6) is 1.52. The lowest BCUT2D eigenvalue weighted by atomic mass is 10.1. The molecule has 0 N–H and O–H groups in total. The van der Waals surface area contributed by atoms with E-state index in [1.807, 2.05) is 59.3 Å². The molecule has 0 saturated heterocycles. The number of hydrogen-bond acceptors (Lipinski definition) is 5. The van der Waals surface area contributed by atoms with Gasteiger partial charge in [-0.3, -0.25) is 14.8 Å². The number of nitro benzene ring substituents is 1. The van der Waals surface area contributed by atoms with Gasteiger partial charge in [0, 0.05) is 23.3 Å². The summed E-state index contributed by atoms with van der Waals surface area (Å²) in [4.78, 5) is 10.8. The highest BCUT2D eigenvalue weighted by Gasteiger charge is 2.20. The van der Waals surface area contributed by atoms with Crippen LogP contribution in [0.1, 0.15) is 5.56 Å². The molecule has 0 aliphatic heterocycles. The molecule has 162 valence electrons. The maximum Gasteiger partial charge on any atom is 0.269 e. The van der Waals surface area contributed by atoms with Crippen LogP contribution in [0.15, 0.2) is 77.3 Å². The highest BCUT2D eigenvalue weighted by atomic mass is 79.9. The van der Waals surface area contributed by atoms with Crippen LogP contribution in [0.25, 0.3) is 22.5 Å². The van der Waals surface area contributed by atoms with E-state index in [0.717, 1.165) is 44.0 Å². The summed E-state index contributed by atoms with van der Waals surface area (Å²) in [6.45, 7) is 0.373. The number of ether oxygens (including phenoxy) is 2. The second-order valence-electron chi connectivity index (χ2n) is 7.05. The number of methoxy groups -OCH3 is 2. The average molecular weight is 494 g/mol. The molecule has 3 aromatic carbocycles. The number of halogens is 1. The van der Waals surface area contributed by atoms with Gasteiger partial charge in [-0.1, -0.05) is 12.1 Å². The predicted molar refractivity (Wildman–Crippen MR) is 126 cm³/mol. The molecule has 0 bridgehead atoms. The van der Waals surface area contributed by atoms with Crippen LogP contribution in [0, 0.1) is 10.1 Å². The molecule has 7 nitrogen and oxygen atoms in total. The lowest BCUT2D eigenvalue weighted by Gasteiger charge is -2.09. The molecule has 8 heteroatoms. The molecule has 0 amide bonds. The van der Waals surface area contributed by atoms with Gasteiger partial charge in [-0.25, -0.2) is 0 Å². The fourth-order valence-electron chi connectivity index (χ4n) is 3.45. The molecule has 32 heavy (non-hydrogen) atoms. The van der Waals surface area contributed by atoms with Crippen molar-refractivity contribution in [1.82, 2.24) is 9.78 Å². The molecule has 0 radical (unpaired) electrons. The zero-order valence-corrected chi connectivity index (χ0v) is 19.1. The highest BCUT2D eigenvalue weighted by molar-refractivity contribution is 9.10. The van der Waals surface area contributed by atoms with Crippen LogP contribution >= 0.6 is 15.9 Å². The number of nitro groups is 1. The molecule has 4 aromatic rings. The first-order chi connectivity index (χ1) is 15.5. The first-order valence-corrected chi connectivity index (χ1v) is 10.6. The molecule has 0 fully saturated rings. The fourth-order valence-corrected chi connectivity index (χ4v) is 4.20. The SMILES string of the molecule is COc1ccc(-c2nn(Cc3cccc([N+](=O)[O-])c3)c(-c3ccc(OC)cc3)c2Br)cc1. The second kappa shape index (κ2) is 9.23. The minimum absolute atomic E-state index is 0.0510. The van der Waals surface area contributed by atoms with Crippen molar-refractivity contribution in [3.05, 3.63) is 92.9 Å². The molecule has 0 aliphatic rings. The van der Waals surface area contributed by atoms with Gasteiger partial charge in [0.2, 0.25) is 0 Å². The number of nitrogens with zero attached hydrogens (tertiary/aromatic N) is 3. The Morgan fingerprint density at radius 2 is 1.53 bits per heavy atom. The van der Waals surface area contributed by atoms with Gasteiger partial charge in [0.15, 0.2) is 0 Å². The average Bonchev–Trinajstić information content (AvgIpc) is 3.14. The van der Waals surface area contributed by atoms with Crippen molar-refractivity contribution in [2.24, 2.45) is 0 Å². The predicted octanol–water partition coefficient (Wildman–Crippen LogP) is 5.95. The van der Waals surface area contributed by atoms with E-state index in [2.05, 4.69) is 15.9 Å². The Morgan fingerprint density at radius 3 is 2.09 bits per heavy atom. The minimum atomic E-state index is -0.393. The van der Waals surface area contributed by atoms with Gasteiger partial charge in [0.25, 0.3) is 5.69 Å². The third kappa shape index (κ3) is 4.36. The van der Waals surface area contributed by atoms with Gasteiger partial charge in [0.1, 0.15) is 17.2 Å². The van der Waals surface area contributed by atoms with Crippen LogP contribution in [-0.4, -0.2) is 28.9 Å². The molecule has 0 atom stereocenters. The maximum atomic E-state index is 11.2. The van der Waals surface area contributed by atoms with Gasteiger partial charge >= 0.3 is 0 Å². The van der Waals surface area contributed by atoms with E-state index >= 15 is 0 Å². The monoisotopic (exact) mass is 493 g/mol. The first kappa shape index (κ1) is 21.6. The molecule has 0 saturated carbocycles. The summed E-state index contributed by atoms with van der Waals surface area (Å²) in [5.41, 5.74) is 4.33. The highest BCUT2D eigenvalue weighted by Crippen LogP contribution is 2.38. The third-order valence-electron chi connectivity index (χ3n) is 5.08. The molecule has 1 aromatic heterocycles. The van der Waals surface area contributed by atoms with E-state index in [9.17, 15) is 10.1 Å². The van der Waals surface area contributed by atoms with Gasteiger partial charge in [-0.05, 0) is 70.0 Å². The summed E-state index contributed by atoms with van der Waals surface area (Å²) in [6, 6.07) is 21.9. The van der Waals surface area contributed by atoms with Gasteiger partial charge in [-0.15, -0.1) is 0 Å². The Morgan fingerprint density at radius 1 is 0.938 bits per heavy atom. The maximum absolute atomic E-state index is 11.2. The van der Waals surface area contributed by atoms with E-state index < -0.39 is 4.92 Å². The molecule has 0 spiro atoms. The Hall–Kier alpha value is -3.65. The van der Waals surface area contributed by atoms with E-state index in [1.54, 1.807) is 26.4 Å². The summed E-state index contributed by atoms with van der Waals surface area (Å²) >= 11 is 3.74. The lowest BCUT2D eigenvalue weighted by molar-refractivity contribution is -0.384. The number of benzene rings is 3. The molecule has 0 unspecified atom stereocenters. The summed E-state index contributed by atoms with van der Waals surface area (Å²) in [5, 5.41) is 16.1. The molecular weight excluding hydrogens is 474 g/mol. The molecule has 0 aliphatic carbocycles. The topological polar surface area (TPSA) is 79.4 Å². The largest absolute Gasteiger partial charge is 0.497 e. The first-order valence-electron chi connectivity index (χ1n) is 9.78. The Balaban J connectivity index is 1.82. The number of hydrogen-bond donors (Lipinski definition) is 0. The number of non-ortho nitro benzene ring substituents is 1. The van der Waals surface area contributed by atoms with Crippen LogP contribution < -0.4 is 9.47 Å². The van der Waals surface area contributed by atoms with Crippen LogP contribution in [0.5, 0.6) is 11.5 Å².